The van der Waals surface area contributed by atoms with Crippen molar-refractivity contribution in [3.8, 4) is 6.07 Å². The molecule has 19 heavy (non-hydrogen) atoms. The summed E-state index contributed by atoms with van der Waals surface area (Å²) in [5.41, 5.74) is -0.340. The molecule has 2 heterocycles. The zero-order chi connectivity index (χ0) is 14.4. The molecule has 0 saturated carbocycles. The van der Waals surface area contributed by atoms with Gasteiger partial charge in [0.1, 0.15) is 5.41 Å². The number of carbonyl (C=O) groups excluding carboxylic acids is 1. The second-order valence-electron chi connectivity index (χ2n) is 4.83. The van der Waals surface area contributed by atoms with Crippen molar-refractivity contribution in [3.05, 3.63) is 21.9 Å². The minimum absolute atomic E-state index is 0.185. The van der Waals surface area contributed by atoms with Crippen LogP contribution in [0, 0.1) is 11.3 Å². The fraction of sp³-hybridized carbons (Fsp3) is 0.417. The zero-order valence-corrected chi connectivity index (χ0v) is 12.2. The Hall–Kier alpha value is -1.65. The molecule has 1 unspecified atom stereocenters. The maximum atomic E-state index is 12.0. The van der Waals surface area contributed by atoms with Crippen LogP contribution in [0.3, 0.4) is 0 Å². The molecule has 7 heteroatoms. The Bertz CT molecular complexity index is 612. The first-order valence-electron chi connectivity index (χ1n) is 5.56. The van der Waals surface area contributed by atoms with E-state index in [2.05, 4.69) is 27.2 Å². The first-order chi connectivity index (χ1) is 8.79. The van der Waals surface area contributed by atoms with Crippen LogP contribution in [0.2, 0.25) is 0 Å². The maximum absolute atomic E-state index is 12.0. The van der Waals surface area contributed by atoms with Gasteiger partial charge >= 0.3 is 0 Å². The lowest BCUT2D eigenvalue weighted by Crippen LogP contribution is -2.35. The summed E-state index contributed by atoms with van der Waals surface area (Å²) in [6.45, 7) is 5.00. The number of hydrogen-bond acceptors (Lipinski definition) is 5. The normalized spacial score (nSPS) is 20.1. The molecule has 0 saturated heterocycles. The minimum atomic E-state index is -1.08. The third-order valence-corrected chi connectivity index (χ3v) is 3.99. The largest absolute Gasteiger partial charge is 0.369 e. The molecule has 0 radical (unpaired) electrons. The number of hydrogen-bond donors (Lipinski definition) is 1. The average molecular weight is 326 g/mol. The van der Waals surface area contributed by atoms with Crippen molar-refractivity contribution in [2.24, 2.45) is 0 Å². The summed E-state index contributed by atoms with van der Waals surface area (Å²) in [6.07, 6.45) is -1.08. The highest BCUT2D eigenvalue weighted by atomic mass is 79.9. The van der Waals surface area contributed by atoms with Gasteiger partial charge in [0, 0.05) is 6.07 Å². The lowest BCUT2D eigenvalue weighted by Gasteiger charge is -2.18. The molecule has 0 bridgehead atoms. The Morgan fingerprint density at radius 3 is 2.74 bits per heavy atom. The molecule has 6 nitrogen and oxygen atoms in total. The standard InChI is InChI=1S/C12H12BrN3O3/c1-6-9(13)11(18)16(10(6)17)8-4-7(19-15-8)12(2,3)5-14/h4,10,17H,1-3H3. The van der Waals surface area contributed by atoms with Gasteiger partial charge in [-0.15, -0.1) is 0 Å². The van der Waals surface area contributed by atoms with Crippen molar-refractivity contribution in [1.82, 2.24) is 5.16 Å². The molecule has 0 fully saturated rings. The summed E-state index contributed by atoms with van der Waals surface area (Å²) in [5.74, 6) is 0.134. The number of aromatic nitrogens is 1. The van der Waals surface area contributed by atoms with Gasteiger partial charge in [-0.25, -0.2) is 0 Å². The minimum Gasteiger partial charge on any atom is -0.369 e. The van der Waals surface area contributed by atoms with Crippen molar-refractivity contribution in [3.63, 3.8) is 0 Å². The van der Waals surface area contributed by atoms with Gasteiger partial charge in [0.15, 0.2) is 17.8 Å². The molecule has 0 aromatic carbocycles. The topological polar surface area (TPSA) is 90.4 Å². The van der Waals surface area contributed by atoms with Crippen molar-refractivity contribution < 1.29 is 14.4 Å². The summed E-state index contributed by atoms with van der Waals surface area (Å²) in [5, 5.41) is 22.8. The van der Waals surface area contributed by atoms with Crippen LogP contribution >= 0.6 is 15.9 Å². The fourth-order valence-electron chi connectivity index (χ4n) is 1.65. The molecule has 1 aromatic rings. The first kappa shape index (κ1) is 13.8. The third-order valence-electron chi connectivity index (χ3n) is 3.02. The molecule has 100 valence electrons. The number of nitrogens with zero attached hydrogens (tertiary/aromatic N) is 3. The van der Waals surface area contributed by atoms with Crippen LogP contribution in [0.4, 0.5) is 5.82 Å². The second kappa shape index (κ2) is 4.47. The van der Waals surface area contributed by atoms with Crippen molar-refractivity contribution in [2.45, 2.75) is 32.4 Å². The lowest BCUT2D eigenvalue weighted by molar-refractivity contribution is -0.114. The Morgan fingerprint density at radius 2 is 2.26 bits per heavy atom. The van der Waals surface area contributed by atoms with Gasteiger partial charge in [-0.1, -0.05) is 5.16 Å². The highest BCUT2D eigenvalue weighted by Crippen LogP contribution is 2.34. The second-order valence-corrected chi connectivity index (χ2v) is 5.62. The molecule has 1 amide bonds. The van der Waals surface area contributed by atoms with Crippen molar-refractivity contribution in [1.29, 1.82) is 5.26 Å². The van der Waals surface area contributed by atoms with E-state index in [-0.39, 0.29) is 11.7 Å². The number of amides is 1. The molecule has 1 aliphatic heterocycles. The van der Waals surface area contributed by atoms with Crippen molar-refractivity contribution in [2.75, 3.05) is 4.90 Å². The van der Waals surface area contributed by atoms with E-state index < -0.39 is 11.6 Å². The van der Waals surface area contributed by atoms with E-state index in [1.165, 1.54) is 6.07 Å². The zero-order valence-electron chi connectivity index (χ0n) is 10.6. The van der Waals surface area contributed by atoms with Gasteiger partial charge in [-0.05, 0) is 42.3 Å². The van der Waals surface area contributed by atoms with Gasteiger partial charge in [0.2, 0.25) is 0 Å². The van der Waals surface area contributed by atoms with E-state index in [1.54, 1.807) is 20.8 Å². The lowest BCUT2D eigenvalue weighted by atomic mass is 9.92. The molecule has 1 aliphatic rings. The van der Waals surface area contributed by atoms with Gasteiger partial charge in [-0.2, -0.15) is 5.26 Å². The van der Waals surface area contributed by atoms with Crippen molar-refractivity contribution >= 4 is 27.7 Å². The molecule has 0 aliphatic carbocycles. The van der Waals surface area contributed by atoms with Crippen LogP contribution < -0.4 is 4.90 Å². The predicted octanol–water partition coefficient (Wildman–Crippen LogP) is 1.81. The average Bonchev–Trinajstić information content (AvgIpc) is 2.92. The quantitative estimate of drug-likeness (QED) is 0.895. The number of rotatable bonds is 2. The summed E-state index contributed by atoms with van der Waals surface area (Å²) in [4.78, 5) is 13.1. The Morgan fingerprint density at radius 1 is 1.63 bits per heavy atom. The van der Waals surface area contributed by atoms with E-state index in [9.17, 15) is 9.90 Å². The van der Waals surface area contributed by atoms with Gasteiger partial charge in [0.25, 0.3) is 5.91 Å². The number of aliphatic hydroxyl groups is 1. The fourth-order valence-corrected chi connectivity index (χ4v) is 2.05. The molecule has 1 atom stereocenters. The highest BCUT2D eigenvalue weighted by Gasteiger charge is 2.38. The summed E-state index contributed by atoms with van der Waals surface area (Å²) in [6, 6.07) is 3.57. The molecular weight excluding hydrogens is 314 g/mol. The van der Waals surface area contributed by atoms with Crippen LogP contribution in [-0.2, 0) is 10.2 Å². The number of nitriles is 1. The summed E-state index contributed by atoms with van der Waals surface area (Å²) >= 11 is 3.12. The molecule has 0 spiro atoms. The number of anilines is 1. The molecule has 1 aromatic heterocycles. The van der Waals surface area contributed by atoms with Crippen LogP contribution in [0.1, 0.15) is 26.5 Å². The molecular formula is C12H12BrN3O3. The first-order valence-corrected chi connectivity index (χ1v) is 6.35. The number of aliphatic hydroxyl groups excluding tert-OH is 1. The molecule has 1 N–H and O–H groups in total. The Kier molecular flexibility index (Phi) is 3.24. The van der Waals surface area contributed by atoms with Crippen LogP contribution in [-0.4, -0.2) is 22.4 Å². The number of carbonyl (C=O) groups is 1. The van der Waals surface area contributed by atoms with Crippen LogP contribution in [0.15, 0.2) is 20.6 Å². The SMILES string of the molecule is CC1=C(Br)C(=O)N(c2cc(C(C)(C)C#N)on2)C1O. The van der Waals surface area contributed by atoms with Crippen LogP contribution in [0.5, 0.6) is 0 Å². The van der Waals surface area contributed by atoms with E-state index in [4.69, 9.17) is 9.78 Å². The van der Waals surface area contributed by atoms with Crippen LogP contribution in [0.25, 0.3) is 0 Å². The van der Waals surface area contributed by atoms with Gasteiger partial charge < -0.3 is 9.63 Å². The van der Waals surface area contributed by atoms with E-state index >= 15 is 0 Å². The Labute approximate surface area is 118 Å². The van der Waals surface area contributed by atoms with Gasteiger partial charge in [-0.3, -0.25) is 9.69 Å². The summed E-state index contributed by atoms with van der Waals surface area (Å²) in [7, 11) is 0. The predicted molar refractivity (Wildman–Crippen MR) is 70.3 cm³/mol. The molecule has 2 rings (SSSR count). The summed E-state index contributed by atoms with van der Waals surface area (Å²) < 4.78 is 5.40. The van der Waals surface area contributed by atoms with Gasteiger partial charge in [0.05, 0.1) is 10.6 Å². The smallest absolute Gasteiger partial charge is 0.269 e. The monoisotopic (exact) mass is 325 g/mol. The maximum Gasteiger partial charge on any atom is 0.269 e. The third kappa shape index (κ3) is 2.07. The van der Waals surface area contributed by atoms with E-state index in [0.717, 1.165) is 4.90 Å². The number of halogens is 1. The van der Waals surface area contributed by atoms with E-state index in [1.807, 2.05) is 0 Å². The van der Waals surface area contributed by atoms with E-state index in [0.29, 0.717) is 15.8 Å². The Balaban J connectivity index is 2.37. The highest BCUT2D eigenvalue weighted by molar-refractivity contribution is 9.12.